The van der Waals surface area contributed by atoms with Crippen molar-refractivity contribution in [2.75, 3.05) is 0 Å². The minimum Gasteiger partial charge on any atom is -0.481 e. The monoisotopic (exact) mass is 245 g/mol. The van der Waals surface area contributed by atoms with Crippen LogP contribution in [0.5, 0.6) is 0 Å². The van der Waals surface area contributed by atoms with Crippen LogP contribution in [0.25, 0.3) is 10.9 Å². The molecule has 2 rings (SSSR count). The average Bonchev–Trinajstić information content (AvgIpc) is 2.37. The van der Waals surface area contributed by atoms with E-state index in [9.17, 15) is 9.90 Å². The van der Waals surface area contributed by atoms with Gasteiger partial charge in [0.25, 0.3) is 0 Å². The van der Waals surface area contributed by atoms with Crippen molar-refractivity contribution in [1.82, 2.24) is 4.98 Å². The van der Waals surface area contributed by atoms with Gasteiger partial charge in [-0.05, 0) is 37.6 Å². The van der Waals surface area contributed by atoms with E-state index in [0.717, 1.165) is 10.9 Å². The van der Waals surface area contributed by atoms with Crippen LogP contribution in [0.2, 0.25) is 0 Å². The maximum Gasteiger partial charge on any atom is 0.312 e. The van der Waals surface area contributed by atoms with E-state index in [1.165, 1.54) is 13.8 Å². The van der Waals surface area contributed by atoms with Gasteiger partial charge in [-0.1, -0.05) is 12.1 Å². The molecule has 0 aliphatic carbocycles. The fourth-order valence-corrected chi connectivity index (χ4v) is 1.80. The van der Waals surface area contributed by atoms with Crippen molar-refractivity contribution in [3.63, 3.8) is 0 Å². The number of aliphatic carboxylic acids is 1. The van der Waals surface area contributed by atoms with Crippen molar-refractivity contribution in [3.05, 3.63) is 42.1 Å². The number of fused-ring (bicyclic) bond motifs is 1. The number of rotatable bonds is 3. The van der Waals surface area contributed by atoms with Crippen molar-refractivity contribution >= 4 is 16.9 Å². The first-order chi connectivity index (χ1) is 8.43. The van der Waals surface area contributed by atoms with Crippen LogP contribution in [0.15, 0.2) is 36.5 Å². The van der Waals surface area contributed by atoms with Gasteiger partial charge in [0.1, 0.15) is 0 Å². The first-order valence-electron chi connectivity index (χ1n) is 5.69. The fourth-order valence-electron chi connectivity index (χ4n) is 1.80. The van der Waals surface area contributed by atoms with Gasteiger partial charge in [0, 0.05) is 11.6 Å². The van der Waals surface area contributed by atoms with Gasteiger partial charge in [0.2, 0.25) is 0 Å². The fraction of sp³-hybridized carbons (Fsp3) is 0.286. The summed E-state index contributed by atoms with van der Waals surface area (Å²) in [6, 6.07) is 8.96. The molecule has 18 heavy (non-hydrogen) atoms. The number of hydrogen-bond donors (Lipinski definition) is 2. The predicted octanol–water partition coefficient (Wildman–Crippen LogP) is 2.38. The smallest absolute Gasteiger partial charge is 0.312 e. The van der Waals surface area contributed by atoms with Gasteiger partial charge in [-0.15, -0.1) is 0 Å². The van der Waals surface area contributed by atoms with E-state index in [0.29, 0.717) is 5.56 Å². The van der Waals surface area contributed by atoms with Crippen LogP contribution in [0, 0.1) is 5.41 Å². The van der Waals surface area contributed by atoms with Gasteiger partial charge in [0.05, 0.1) is 17.0 Å². The Labute approximate surface area is 105 Å². The lowest BCUT2D eigenvalue weighted by Crippen LogP contribution is -2.31. The Morgan fingerprint density at radius 3 is 2.72 bits per heavy atom. The lowest BCUT2D eigenvalue weighted by Gasteiger charge is -2.26. The van der Waals surface area contributed by atoms with E-state index in [4.69, 9.17) is 5.11 Å². The lowest BCUT2D eigenvalue weighted by atomic mass is 9.82. The van der Waals surface area contributed by atoms with Crippen LogP contribution in [0.4, 0.5) is 0 Å². The summed E-state index contributed by atoms with van der Waals surface area (Å²) < 4.78 is 0. The Bertz CT molecular complexity index is 592. The Hall–Kier alpha value is -1.94. The number of hydrogen-bond acceptors (Lipinski definition) is 3. The Morgan fingerprint density at radius 2 is 2.06 bits per heavy atom. The first-order valence-corrected chi connectivity index (χ1v) is 5.69. The second kappa shape index (κ2) is 4.38. The summed E-state index contributed by atoms with van der Waals surface area (Å²) in [4.78, 5) is 15.3. The lowest BCUT2D eigenvalue weighted by molar-refractivity contribution is -0.153. The number of carbonyl (C=O) groups is 1. The van der Waals surface area contributed by atoms with Crippen LogP contribution < -0.4 is 0 Å². The summed E-state index contributed by atoms with van der Waals surface area (Å²) in [5.74, 6) is -1.03. The van der Waals surface area contributed by atoms with Crippen LogP contribution in [-0.4, -0.2) is 21.2 Å². The molecule has 0 amide bonds. The summed E-state index contributed by atoms with van der Waals surface area (Å²) in [5, 5.41) is 20.2. The molecule has 0 radical (unpaired) electrons. The number of nitrogens with zero attached hydrogens (tertiary/aromatic N) is 1. The van der Waals surface area contributed by atoms with E-state index >= 15 is 0 Å². The second-order valence-electron chi connectivity index (χ2n) is 4.88. The molecule has 1 aromatic carbocycles. The number of carboxylic acids is 1. The summed E-state index contributed by atoms with van der Waals surface area (Å²) >= 11 is 0. The minimum absolute atomic E-state index is 0.586. The van der Waals surface area contributed by atoms with Gasteiger partial charge in [-0.3, -0.25) is 9.78 Å². The highest BCUT2D eigenvalue weighted by atomic mass is 16.4. The van der Waals surface area contributed by atoms with Crippen LogP contribution >= 0.6 is 0 Å². The number of aliphatic hydroxyl groups excluding tert-OH is 1. The third-order valence-electron chi connectivity index (χ3n) is 3.18. The van der Waals surface area contributed by atoms with Crippen molar-refractivity contribution in [2.45, 2.75) is 20.0 Å². The van der Waals surface area contributed by atoms with E-state index < -0.39 is 17.5 Å². The highest BCUT2D eigenvalue weighted by Gasteiger charge is 2.36. The topological polar surface area (TPSA) is 70.4 Å². The Balaban J connectivity index is 2.45. The molecule has 1 unspecified atom stereocenters. The zero-order valence-electron chi connectivity index (χ0n) is 10.3. The average molecular weight is 245 g/mol. The van der Waals surface area contributed by atoms with E-state index in [1.54, 1.807) is 30.5 Å². The van der Waals surface area contributed by atoms with Crippen LogP contribution in [0.1, 0.15) is 25.5 Å². The van der Waals surface area contributed by atoms with Crippen molar-refractivity contribution in [1.29, 1.82) is 0 Å². The van der Waals surface area contributed by atoms with Crippen LogP contribution in [0.3, 0.4) is 0 Å². The maximum atomic E-state index is 11.1. The second-order valence-corrected chi connectivity index (χ2v) is 4.88. The van der Waals surface area contributed by atoms with Crippen LogP contribution in [-0.2, 0) is 4.79 Å². The normalized spacial score (nSPS) is 13.5. The van der Waals surface area contributed by atoms with E-state index in [1.807, 2.05) is 6.07 Å². The molecule has 4 heteroatoms. The summed E-state index contributed by atoms with van der Waals surface area (Å²) in [6.07, 6.45) is 0.638. The molecule has 0 fully saturated rings. The molecule has 1 heterocycles. The number of aromatic nitrogens is 1. The molecule has 1 aromatic heterocycles. The van der Waals surface area contributed by atoms with Gasteiger partial charge in [-0.2, -0.15) is 0 Å². The van der Waals surface area contributed by atoms with Crippen molar-refractivity contribution in [3.8, 4) is 0 Å². The quantitative estimate of drug-likeness (QED) is 0.871. The molecule has 0 saturated carbocycles. The molecule has 94 valence electrons. The highest BCUT2D eigenvalue weighted by Crippen LogP contribution is 2.34. The van der Waals surface area contributed by atoms with Crippen molar-refractivity contribution < 1.29 is 15.0 Å². The molecule has 4 nitrogen and oxygen atoms in total. The molecular formula is C14H15NO3. The third-order valence-corrected chi connectivity index (χ3v) is 3.18. The standard InChI is InChI=1S/C14H15NO3/c1-14(2,13(17)18)12(16)10-5-6-11-9(8-10)4-3-7-15-11/h3-8,12,16H,1-2H3,(H,17,18). The molecular weight excluding hydrogens is 230 g/mol. The SMILES string of the molecule is CC(C)(C(=O)O)C(O)c1ccc2ncccc2c1. The van der Waals surface area contributed by atoms with Gasteiger partial charge < -0.3 is 10.2 Å². The van der Waals surface area contributed by atoms with E-state index in [-0.39, 0.29) is 0 Å². The molecule has 2 N–H and O–H groups in total. The van der Waals surface area contributed by atoms with Gasteiger partial charge in [-0.25, -0.2) is 0 Å². The van der Waals surface area contributed by atoms with Gasteiger partial charge >= 0.3 is 5.97 Å². The number of pyridine rings is 1. The number of carboxylic acid groups (broad SMARTS) is 1. The first kappa shape index (κ1) is 12.5. The Kier molecular flexibility index (Phi) is 3.05. The molecule has 1 atom stereocenters. The highest BCUT2D eigenvalue weighted by molar-refractivity contribution is 5.80. The molecule has 0 spiro atoms. The largest absolute Gasteiger partial charge is 0.481 e. The molecule has 0 aliphatic heterocycles. The molecule has 0 saturated heterocycles. The summed E-state index contributed by atoms with van der Waals surface area (Å²) in [5.41, 5.74) is 0.181. The molecule has 0 bridgehead atoms. The predicted molar refractivity (Wildman–Crippen MR) is 68.1 cm³/mol. The number of aliphatic hydroxyl groups is 1. The maximum absolute atomic E-state index is 11.1. The summed E-state index contributed by atoms with van der Waals surface area (Å²) in [7, 11) is 0. The number of benzene rings is 1. The van der Waals surface area contributed by atoms with E-state index in [2.05, 4.69) is 4.98 Å². The van der Waals surface area contributed by atoms with Gasteiger partial charge in [0.15, 0.2) is 0 Å². The summed E-state index contributed by atoms with van der Waals surface area (Å²) in [6.45, 7) is 3.01. The molecule has 2 aromatic rings. The third kappa shape index (κ3) is 2.07. The minimum atomic E-state index is -1.23. The Morgan fingerprint density at radius 1 is 1.33 bits per heavy atom. The zero-order chi connectivity index (χ0) is 13.3. The van der Waals surface area contributed by atoms with Crippen molar-refractivity contribution in [2.24, 2.45) is 5.41 Å². The molecule has 0 aliphatic rings. The zero-order valence-corrected chi connectivity index (χ0v) is 10.3.